The maximum Gasteiger partial charge on any atom is 0.00967 e. The molecule has 0 spiro atoms. The third-order valence-electron chi connectivity index (χ3n) is 4.65. The van der Waals surface area contributed by atoms with E-state index in [1.807, 2.05) is 0 Å². The summed E-state index contributed by atoms with van der Waals surface area (Å²) in [4.78, 5) is 2.65. The Labute approximate surface area is 122 Å². The SMILES string of the molecule is CCC(C)N(CC)CC(CC)(CC)CNC(C)(C)C. The molecular weight excluding hydrogens is 232 g/mol. The number of nitrogens with one attached hydrogen (secondary N) is 1. The van der Waals surface area contributed by atoms with E-state index in [2.05, 4.69) is 65.6 Å². The first-order valence-corrected chi connectivity index (χ1v) is 8.22. The van der Waals surface area contributed by atoms with Crippen LogP contribution < -0.4 is 5.32 Å². The van der Waals surface area contributed by atoms with Crippen LogP contribution in [-0.4, -0.2) is 36.1 Å². The fourth-order valence-corrected chi connectivity index (χ4v) is 2.50. The lowest BCUT2D eigenvalue weighted by molar-refractivity contribution is 0.101. The maximum absolute atomic E-state index is 3.72. The molecule has 0 heterocycles. The standard InChI is InChI=1S/C17H38N2/c1-9-15(5)19(12-4)14-17(10-2,11-3)13-18-16(6,7)8/h15,18H,9-14H2,1-8H3. The van der Waals surface area contributed by atoms with Crippen LogP contribution in [0.25, 0.3) is 0 Å². The van der Waals surface area contributed by atoms with Crippen LogP contribution in [0.3, 0.4) is 0 Å². The van der Waals surface area contributed by atoms with E-state index in [-0.39, 0.29) is 5.54 Å². The van der Waals surface area contributed by atoms with Crippen molar-refractivity contribution in [3.05, 3.63) is 0 Å². The van der Waals surface area contributed by atoms with Crippen LogP contribution in [0.4, 0.5) is 0 Å². The summed E-state index contributed by atoms with van der Waals surface area (Å²) in [7, 11) is 0. The summed E-state index contributed by atoms with van der Waals surface area (Å²) in [5.41, 5.74) is 0.621. The molecule has 0 saturated heterocycles. The average molecular weight is 271 g/mol. The third-order valence-corrected chi connectivity index (χ3v) is 4.65. The molecule has 0 saturated carbocycles. The molecule has 0 fully saturated rings. The van der Waals surface area contributed by atoms with Crippen molar-refractivity contribution in [2.75, 3.05) is 19.6 Å². The second-order valence-electron chi connectivity index (χ2n) is 7.13. The van der Waals surface area contributed by atoms with Crippen LogP contribution in [0.2, 0.25) is 0 Å². The Bertz CT molecular complexity index is 226. The van der Waals surface area contributed by atoms with Gasteiger partial charge in [0.05, 0.1) is 0 Å². The predicted molar refractivity (Wildman–Crippen MR) is 87.8 cm³/mol. The van der Waals surface area contributed by atoms with Crippen LogP contribution in [-0.2, 0) is 0 Å². The maximum atomic E-state index is 3.72. The van der Waals surface area contributed by atoms with Crippen molar-refractivity contribution in [2.24, 2.45) is 5.41 Å². The molecule has 1 N–H and O–H groups in total. The van der Waals surface area contributed by atoms with Crippen LogP contribution in [0, 0.1) is 5.41 Å². The second kappa shape index (κ2) is 8.26. The van der Waals surface area contributed by atoms with E-state index >= 15 is 0 Å². The van der Waals surface area contributed by atoms with Gasteiger partial charge in [-0.15, -0.1) is 0 Å². The molecule has 0 aliphatic rings. The Morgan fingerprint density at radius 3 is 1.84 bits per heavy atom. The van der Waals surface area contributed by atoms with Crippen LogP contribution in [0.1, 0.15) is 74.7 Å². The van der Waals surface area contributed by atoms with E-state index in [4.69, 9.17) is 0 Å². The fourth-order valence-electron chi connectivity index (χ4n) is 2.50. The van der Waals surface area contributed by atoms with Gasteiger partial charge in [-0.1, -0.05) is 27.7 Å². The summed E-state index contributed by atoms with van der Waals surface area (Å²) in [6, 6.07) is 0.692. The van der Waals surface area contributed by atoms with Gasteiger partial charge in [0.25, 0.3) is 0 Å². The normalized spacial score (nSPS) is 15.0. The summed E-state index contributed by atoms with van der Waals surface area (Å²) in [6.45, 7) is 21.9. The largest absolute Gasteiger partial charge is 0.311 e. The molecule has 2 nitrogen and oxygen atoms in total. The van der Waals surface area contributed by atoms with Crippen molar-refractivity contribution in [2.45, 2.75) is 86.2 Å². The Morgan fingerprint density at radius 1 is 1.00 bits per heavy atom. The first-order chi connectivity index (χ1) is 8.73. The summed E-state index contributed by atoms with van der Waals surface area (Å²) >= 11 is 0. The highest BCUT2D eigenvalue weighted by Gasteiger charge is 2.30. The van der Waals surface area contributed by atoms with E-state index in [0.29, 0.717) is 11.5 Å². The van der Waals surface area contributed by atoms with E-state index in [1.54, 1.807) is 0 Å². The highest BCUT2D eigenvalue weighted by atomic mass is 15.2. The van der Waals surface area contributed by atoms with E-state index in [1.165, 1.54) is 25.8 Å². The smallest absolute Gasteiger partial charge is 0.00967 e. The quantitative estimate of drug-likeness (QED) is 0.672. The molecule has 0 aromatic heterocycles. The lowest BCUT2D eigenvalue weighted by Crippen LogP contribution is -2.50. The molecule has 0 rings (SSSR count). The highest BCUT2D eigenvalue weighted by molar-refractivity contribution is 4.86. The average Bonchev–Trinajstić information content (AvgIpc) is 2.38. The summed E-state index contributed by atoms with van der Waals surface area (Å²) in [5.74, 6) is 0. The minimum Gasteiger partial charge on any atom is -0.311 e. The number of hydrogen-bond acceptors (Lipinski definition) is 2. The first kappa shape index (κ1) is 18.9. The zero-order valence-electron chi connectivity index (χ0n) is 14.8. The predicted octanol–water partition coefficient (Wildman–Crippen LogP) is 4.30. The van der Waals surface area contributed by atoms with Crippen LogP contribution in [0.5, 0.6) is 0 Å². The van der Waals surface area contributed by atoms with E-state index in [9.17, 15) is 0 Å². The zero-order chi connectivity index (χ0) is 15.1. The van der Waals surface area contributed by atoms with E-state index in [0.717, 1.165) is 13.1 Å². The number of rotatable bonds is 9. The molecule has 1 atom stereocenters. The van der Waals surface area contributed by atoms with Crippen molar-refractivity contribution < 1.29 is 0 Å². The van der Waals surface area contributed by atoms with Crippen molar-refractivity contribution >= 4 is 0 Å². The molecule has 0 amide bonds. The molecule has 0 aliphatic carbocycles. The molecule has 0 aliphatic heterocycles. The second-order valence-corrected chi connectivity index (χ2v) is 7.13. The lowest BCUT2D eigenvalue weighted by Gasteiger charge is -2.41. The van der Waals surface area contributed by atoms with Crippen molar-refractivity contribution in [1.29, 1.82) is 0 Å². The highest BCUT2D eigenvalue weighted by Crippen LogP contribution is 2.28. The zero-order valence-corrected chi connectivity index (χ0v) is 14.8. The van der Waals surface area contributed by atoms with Crippen molar-refractivity contribution in [1.82, 2.24) is 10.2 Å². The van der Waals surface area contributed by atoms with Crippen molar-refractivity contribution in [3.63, 3.8) is 0 Å². The van der Waals surface area contributed by atoms with Gasteiger partial charge in [-0.25, -0.2) is 0 Å². The van der Waals surface area contributed by atoms with Gasteiger partial charge in [0.15, 0.2) is 0 Å². The van der Waals surface area contributed by atoms with Gasteiger partial charge in [-0.2, -0.15) is 0 Å². The summed E-state index contributed by atoms with van der Waals surface area (Å²) in [6.07, 6.45) is 3.74. The molecule has 0 aromatic carbocycles. The van der Waals surface area contributed by atoms with Crippen molar-refractivity contribution in [3.8, 4) is 0 Å². The molecule has 0 bridgehead atoms. The van der Waals surface area contributed by atoms with Gasteiger partial charge in [0.1, 0.15) is 0 Å². The minimum atomic E-state index is 0.211. The van der Waals surface area contributed by atoms with Gasteiger partial charge >= 0.3 is 0 Å². The van der Waals surface area contributed by atoms with E-state index < -0.39 is 0 Å². The van der Waals surface area contributed by atoms with Gasteiger partial charge in [-0.3, -0.25) is 0 Å². The monoisotopic (exact) mass is 270 g/mol. The van der Waals surface area contributed by atoms with Crippen LogP contribution in [0.15, 0.2) is 0 Å². The molecule has 116 valence electrons. The summed E-state index contributed by atoms with van der Waals surface area (Å²) in [5, 5.41) is 3.72. The van der Waals surface area contributed by atoms with Gasteiger partial charge in [-0.05, 0) is 58.9 Å². The first-order valence-electron chi connectivity index (χ1n) is 8.22. The molecule has 2 heteroatoms. The Hall–Kier alpha value is -0.0800. The molecular formula is C17H38N2. The lowest BCUT2D eigenvalue weighted by atomic mass is 9.80. The third kappa shape index (κ3) is 6.76. The number of hydrogen-bond donors (Lipinski definition) is 1. The molecule has 1 unspecified atom stereocenters. The Morgan fingerprint density at radius 2 is 1.53 bits per heavy atom. The Balaban J connectivity index is 4.77. The number of nitrogens with zero attached hydrogens (tertiary/aromatic N) is 1. The minimum absolute atomic E-state index is 0.211. The fraction of sp³-hybridized carbons (Fsp3) is 1.00. The summed E-state index contributed by atoms with van der Waals surface area (Å²) < 4.78 is 0. The van der Waals surface area contributed by atoms with Gasteiger partial charge < -0.3 is 10.2 Å². The molecule has 0 radical (unpaired) electrons. The van der Waals surface area contributed by atoms with Crippen LogP contribution >= 0.6 is 0 Å². The van der Waals surface area contributed by atoms with Gasteiger partial charge in [0, 0.05) is 24.7 Å². The molecule has 0 aromatic rings. The molecule has 19 heavy (non-hydrogen) atoms. The Kier molecular flexibility index (Phi) is 8.23. The van der Waals surface area contributed by atoms with Gasteiger partial charge in [0.2, 0.25) is 0 Å². The topological polar surface area (TPSA) is 15.3 Å².